The first-order chi connectivity index (χ1) is 13.6. The molecule has 1 unspecified atom stereocenters. The van der Waals surface area contributed by atoms with Gasteiger partial charge in [0.05, 0.1) is 11.9 Å². The molecule has 1 N–H and O–H groups in total. The van der Waals surface area contributed by atoms with Crippen molar-refractivity contribution in [1.29, 1.82) is 0 Å². The predicted octanol–water partition coefficient (Wildman–Crippen LogP) is 4.66. The maximum Gasteiger partial charge on any atom is 0.438 e. The largest absolute Gasteiger partial charge is 0.457 e. The molecule has 10 heteroatoms. The van der Waals surface area contributed by atoms with E-state index in [2.05, 4.69) is 9.82 Å². The van der Waals surface area contributed by atoms with E-state index in [0.717, 1.165) is 24.5 Å². The lowest BCUT2D eigenvalue weighted by Crippen LogP contribution is -2.54. The maximum absolute atomic E-state index is 12.9. The molecule has 1 atom stereocenters. The molecular weight excluding hydrogens is 410 g/mol. The van der Waals surface area contributed by atoms with E-state index in [1.807, 2.05) is 20.8 Å². The molecule has 1 heterocycles. The van der Waals surface area contributed by atoms with Crippen LogP contribution in [0.3, 0.4) is 0 Å². The fourth-order valence-electron chi connectivity index (χ4n) is 2.16. The summed E-state index contributed by atoms with van der Waals surface area (Å²) < 4.78 is 26.5. The highest BCUT2D eigenvalue weighted by Crippen LogP contribution is 2.24. The lowest BCUT2D eigenvalue weighted by molar-refractivity contribution is 0.00419. The summed E-state index contributed by atoms with van der Waals surface area (Å²) in [6.07, 6.45) is 0.207. The van der Waals surface area contributed by atoms with Gasteiger partial charge in [0.25, 0.3) is 0 Å². The molecule has 9 nitrogen and oxygen atoms in total. The molecule has 174 valence electrons. The van der Waals surface area contributed by atoms with Gasteiger partial charge in [-0.25, -0.2) is 15.0 Å². The third-order valence-corrected chi connectivity index (χ3v) is 4.10. The SMILES string of the molecule is CC(C)(C)OC(=O)NN(C(=O)OC(C)(C)C)/C(=N\SC1CCCOC1)OC(C)(C)C. The second-order valence-corrected chi connectivity index (χ2v) is 11.0. The summed E-state index contributed by atoms with van der Waals surface area (Å²) in [5, 5.41) is 0.973. The van der Waals surface area contributed by atoms with Crippen molar-refractivity contribution >= 4 is 30.2 Å². The van der Waals surface area contributed by atoms with Gasteiger partial charge >= 0.3 is 18.2 Å². The summed E-state index contributed by atoms with van der Waals surface area (Å²) >= 11 is 1.25. The lowest BCUT2D eigenvalue weighted by Gasteiger charge is -2.31. The van der Waals surface area contributed by atoms with Crippen LogP contribution in [0.5, 0.6) is 0 Å². The van der Waals surface area contributed by atoms with Crippen molar-refractivity contribution in [3.63, 3.8) is 0 Å². The van der Waals surface area contributed by atoms with Crippen LogP contribution in [-0.2, 0) is 18.9 Å². The number of rotatable bonds is 2. The van der Waals surface area contributed by atoms with Gasteiger partial charge in [0.1, 0.15) is 16.8 Å². The van der Waals surface area contributed by atoms with E-state index in [1.165, 1.54) is 11.9 Å². The fraction of sp³-hybridized carbons (Fsp3) is 0.850. The molecule has 0 bridgehead atoms. The zero-order valence-corrected chi connectivity index (χ0v) is 20.5. The Labute approximate surface area is 184 Å². The Kier molecular flexibility index (Phi) is 9.28. The molecule has 1 saturated heterocycles. The van der Waals surface area contributed by atoms with E-state index in [-0.39, 0.29) is 11.3 Å². The van der Waals surface area contributed by atoms with Crippen LogP contribution in [-0.4, -0.2) is 58.5 Å². The number of nitrogens with one attached hydrogen (secondary N) is 1. The van der Waals surface area contributed by atoms with Crippen molar-refractivity contribution in [2.45, 2.75) is 97.2 Å². The molecule has 0 aromatic heterocycles. The molecule has 1 aliphatic rings. The Morgan fingerprint density at radius 2 is 1.53 bits per heavy atom. The van der Waals surface area contributed by atoms with Crippen molar-refractivity contribution in [2.24, 2.45) is 4.40 Å². The quantitative estimate of drug-likeness (QED) is 0.284. The average molecular weight is 448 g/mol. The van der Waals surface area contributed by atoms with Crippen molar-refractivity contribution < 1.29 is 28.5 Å². The van der Waals surface area contributed by atoms with E-state index in [1.54, 1.807) is 41.5 Å². The minimum absolute atomic E-state index is 0.0989. The first kappa shape index (κ1) is 26.4. The lowest BCUT2D eigenvalue weighted by atomic mass is 10.2. The summed E-state index contributed by atoms with van der Waals surface area (Å²) in [4.78, 5) is 25.3. The van der Waals surface area contributed by atoms with Gasteiger partial charge in [-0.05, 0) is 87.1 Å². The number of hydrogen-bond acceptors (Lipinski definition) is 8. The van der Waals surface area contributed by atoms with Crippen LogP contribution >= 0.6 is 11.9 Å². The third kappa shape index (κ3) is 11.5. The molecule has 1 rings (SSSR count). The Morgan fingerprint density at radius 1 is 0.967 bits per heavy atom. The van der Waals surface area contributed by atoms with Crippen LogP contribution in [0.15, 0.2) is 4.40 Å². The number of amidine groups is 1. The van der Waals surface area contributed by atoms with Crippen molar-refractivity contribution in [1.82, 2.24) is 10.4 Å². The number of carbonyl (C=O) groups is 2. The van der Waals surface area contributed by atoms with Crippen molar-refractivity contribution in [3.8, 4) is 0 Å². The molecule has 0 radical (unpaired) electrons. The van der Waals surface area contributed by atoms with Gasteiger partial charge < -0.3 is 18.9 Å². The van der Waals surface area contributed by atoms with E-state index in [4.69, 9.17) is 18.9 Å². The number of carbonyl (C=O) groups excluding carboxylic acids is 2. The maximum atomic E-state index is 12.9. The first-order valence-electron chi connectivity index (χ1n) is 10.1. The topological polar surface area (TPSA) is 98.7 Å². The summed E-state index contributed by atoms with van der Waals surface area (Å²) in [7, 11) is 0. The van der Waals surface area contributed by atoms with Crippen LogP contribution < -0.4 is 5.43 Å². The monoisotopic (exact) mass is 447 g/mol. The summed E-state index contributed by atoms with van der Waals surface area (Å²) in [5.74, 6) is 0. The number of nitrogens with zero attached hydrogens (tertiary/aromatic N) is 2. The van der Waals surface area contributed by atoms with Crippen molar-refractivity contribution in [2.75, 3.05) is 13.2 Å². The second-order valence-electron chi connectivity index (χ2n) is 9.96. The molecule has 2 amide bonds. The van der Waals surface area contributed by atoms with E-state index < -0.39 is 29.0 Å². The minimum atomic E-state index is -0.836. The number of ether oxygens (including phenoxy) is 4. The Morgan fingerprint density at radius 3 is 2.00 bits per heavy atom. The van der Waals surface area contributed by atoms with Crippen LogP contribution in [0.2, 0.25) is 0 Å². The molecule has 0 aromatic rings. The third-order valence-electron chi connectivity index (χ3n) is 3.17. The zero-order valence-electron chi connectivity index (χ0n) is 19.7. The number of amides is 2. The average Bonchev–Trinajstić information content (AvgIpc) is 2.53. The van der Waals surface area contributed by atoms with Gasteiger partial charge in [-0.3, -0.25) is 0 Å². The van der Waals surface area contributed by atoms with Gasteiger partial charge in [0.2, 0.25) is 0 Å². The molecular formula is C20H37N3O6S. The molecule has 0 aromatic carbocycles. The molecule has 0 saturated carbocycles. The van der Waals surface area contributed by atoms with Gasteiger partial charge in [-0.15, -0.1) is 5.01 Å². The molecule has 1 aliphatic heterocycles. The number of hydrazine groups is 1. The highest BCUT2D eigenvalue weighted by Gasteiger charge is 2.33. The second kappa shape index (κ2) is 10.6. The first-order valence-corrected chi connectivity index (χ1v) is 10.9. The van der Waals surface area contributed by atoms with Crippen LogP contribution in [0.4, 0.5) is 9.59 Å². The normalized spacial score (nSPS) is 18.4. The van der Waals surface area contributed by atoms with Crippen molar-refractivity contribution in [3.05, 3.63) is 0 Å². The van der Waals surface area contributed by atoms with E-state index in [9.17, 15) is 9.59 Å². The Hall–Kier alpha value is -1.68. The van der Waals surface area contributed by atoms with Gasteiger partial charge in [0, 0.05) is 6.61 Å². The molecule has 0 spiro atoms. The zero-order chi connectivity index (χ0) is 23.2. The summed E-state index contributed by atoms with van der Waals surface area (Å²) in [6, 6.07) is -0.0989. The highest BCUT2D eigenvalue weighted by molar-refractivity contribution is 7.98. The standard InChI is InChI=1S/C20H37N3O6S/c1-18(2,3)27-15(22-30-14-11-10-12-26-13-14)23(17(25)29-20(7,8)9)21-16(24)28-19(4,5)6/h14H,10-13H2,1-9H3,(H,21,24)/b22-15+. The van der Waals surface area contributed by atoms with E-state index >= 15 is 0 Å². The Bertz CT molecular complexity index is 614. The number of hydrogen-bond donors (Lipinski definition) is 1. The van der Waals surface area contributed by atoms with Gasteiger partial charge in [-0.1, -0.05) is 0 Å². The summed E-state index contributed by atoms with van der Waals surface area (Å²) in [6.45, 7) is 17.1. The Balaban J connectivity index is 3.16. The molecule has 30 heavy (non-hydrogen) atoms. The van der Waals surface area contributed by atoms with Crippen LogP contribution in [0.25, 0.3) is 0 Å². The molecule has 0 aliphatic carbocycles. The highest BCUT2D eigenvalue weighted by atomic mass is 32.2. The fourth-order valence-corrected chi connectivity index (χ4v) is 2.95. The van der Waals surface area contributed by atoms with Gasteiger partial charge in [-0.2, -0.15) is 4.40 Å². The van der Waals surface area contributed by atoms with E-state index in [0.29, 0.717) is 6.61 Å². The van der Waals surface area contributed by atoms with Gasteiger partial charge in [0.15, 0.2) is 0 Å². The minimum Gasteiger partial charge on any atom is -0.457 e. The smallest absolute Gasteiger partial charge is 0.438 e. The predicted molar refractivity (Wildman–Crippen MR) is 117 cm³/mol. The van der Waals surface area contributed by atoms with Crippen LogP contribution in [0.1, 0.15) is 75.2 Å². The molecule has 1 fully saturated rings. The van der Waals surface area contributed by atoms with Crippen LogP contribution in [0, 0.1) is 0 Å². The summed E-state index contributed by atoms with van der Waals surface area (Å²) in [5.41, 5.74) is 0.182.